The van der Waals surface area contributed by atoms with Crippen LogP contribution < -0.4 is 10.6 Å². The number of hydrogen-bond acceptors (Lipinski definition) is 4. The molecule has 5 heteroatoms. The maximum absolute atomic E-state index is 12.2. The Balaban J connectivity index is 2.55. The molecule has 1 saturated heterocycles. The van der Waals surface area contributed by atoms with Gasteiger partial charge in [-0.2, -0.15) is 0 Å². The second-order valence-corrected chi connectivity index (χ2v) is 5.22. The average molecular weight is 244 g/mol. The molecule has 0 saturated carbocycles. The third-order valence-electron chi connectivity index (χ3n) is 3.69. The van der Waals surface area contributed by atoms with Gasteiger partial charge in [-0.15, -0.1) is 0 Å². The lowest BCUT2D eigenvalue weighted by Crippen LogP contribution is -2.51. The van der Waals surface area contributed by atoms with Gasteiger partial charge in [0.25, 0.3) is 0 Å². The first-order valence-electron chi connectivity index (χ1n) is 6.28. The lowest BCUT2D eigenvalue weighted by molar-refractivity contribution is -0.134. The van der Waals surface area contributed by atoms with Gasteiger partial charge in [-0.05, 0) is 39.3 Å². The van der Waals surface area contributed by atoms with Crippen molar-refractivity contribution in [1.29, 1.82) is 0 Å². The Morgan fingerprint density at radius 3 is 2.53 bits per heavy atom. The van der Waals surface area contributed by atoms with Crippen LogP contribution in [0.4, 0.5) is 0 Å². The molecule has 4 N–H and O–H groups in total. The third kappa shape index (κ3) is 3.66. The van der Waals surface area contributed by atoms with E-state index >= 15 is 0 Å². The number of hydrogen-bond donors (Lipinski definition) is 4. The largest absolute Gasteiger partial charge is 0.393 e. The number of nitrogens with one attached hydrogen (secondary N) is 2. The zero-order valence-corrected chi connectivity index (χ0v) is 10.8. The van der Waals surface area contributed by atoms with Gasteiger partial charge < -0.3 is 20.8 Å². The number of carbonyl (C=O) groups is 1. The fourth-order valence-corrected chi connectivity index (χ4v) is 2.16. The normalized spacial score (nSPS) is 22.8. The Kier molecular flexibility index (Phi) is 4.91. The van der Waals surface area contributed by atoms with Gasteiger partial charge >= 0.3 is 0 Å². The lowest BCUT2D eigenvalue weighted by atomic mass is 9.76. The van der Waals surface area contributed by atoms with Gasteiger partial charge in [-0.25, -0.2) is 0 Å². The molecule has 0 aromatic carbocycles. The fourth-order valence-electron chi connectivity index (χ4n) is 2.16. The van der Waals surface area contributed by atoms with Crippen LogP contribution in [0.5, 0.6) is 0 Å². The molecule has 1 aliphatic rings. The molecule has 0 aliphatic carbocycles. The van der Waals surface area contributed by atoms with Crippen molar-refractivity contribution < 1.29 is 15.0 Å². The van der Waals surface area contributed by atoms with Gasteiger partial charge in [-0.1, -0.05) is 6.92 Å². The van der Waals surface area contributed by atoms with Crippen LogP contribution in [0.1, 0.15) is 33.1 Å². The highest BCUT2D eigenvalue weighted by Gasteiger charge is 2.38. The third-order valence-corrected chi connectivity index (χ3v) is 3.69. The SMILES string of the molecule is CCC1(C(=O)NCC(C)(O)CO)CCNCC1. The minimum absolute atomic E-state index is 0.00442. The van der Waals surface area contributed by atoms with Gasteiger partial charge in [0.15, 0.2) is 0 Å². The first-order chi connectivity index (χ1) is 7.96. The molecule has 1 heterocycles. The van der Waals surface area contributed by atoms with Crippen LogP contribution in [0.3, 0.4) is 0 Å². The number of amides is 1. The molecule has 17 heavy (non-hydrogen) atoms. The minimum Gasteiger partial charge on any atom is -0.393 e. The van der Waals surface area contributed by atoms with Crippen LogP contribution in [-0.4, -0.2) is 48.0 Å². The number of rotatable bonds is 5. The number of aliphatic hydroxyl groups is 2. The van der Waals surface area contributed by atoms with E-state index in [1.54, 1.807) is 0 Å². The summed E-state index contributed by atoms with van der Waals surface area (Å²) in [6.07, 6.45) is 2.47. The number of carbonyl (C=O) groups excluding carboxylic acids is 1. The molecule has 5 nitrogen and oxygen atoms in total. The molecule has 0 aromatic heterocycles. The zero-order chi connectivity index (χ0) is 12.9. The highest BCUT2D eigenvalue weighted by molar-refractivity contribution is 5.82. The van der Waals surface area contributed by atoms with E-state index in [9.17, 15) is 9.90 Å². The maximum atomic E-state index is 12.2. The van der Waals surface area contributed by atoms with Gasteiger partial charge in [0.2, 0.25) is 5.91 Å². The average Bonchev–Trinajstić information content (AvgIpc) is 2.37. The van der Waals surface area contributed by atoms with E-state index in [0.29, 0.717) is 0 Å². The van der Waals surface area contributed by atoms with Crippen LogP contribution in [0.15, 0.2) is 0 Å². The molecule has 1 unspecified atom stereocenters. The molecule has 0 bridgehead atoms. The van der Waals surface area contributed by atoms with Crippen LogP contribution in [0, 0.1) is 5.41 Å². The summed E-state index contributed by atoms with van der Waals surface area (Å²) in [7, 11) is 0. The van der Waals surface area contributed by atoms with Crippen LogP contribution >= 0.6 is 0 Å². The smallest absolute Gasteiger partial charge is 0.226 e. The van der Waals surface area contributed by atoms with Crippen molar-refractivity contribution in [3.8, 4) is 0 Å². The van der Waals surface area contributed by atoms with Crippen molar-refractivity contribution in [1.82, 2.24) is 10.6 Å². The predicted octanol–water partition coefficient (Wildman–Crippen LogP) is -0.374. The summed E-state index contributed by atoms with van der Waals surface area (Å²) in [4.78, 5) is 12.2. The molecule has 1 fully saturated rings. The topological polar surface area (TPSA) is 81.6 Å². The molecule has 0 aromatic rings. The molecule has 1 aliphatic heterocycles. The summed E-state index contributed by atoms with van der Waals surface area (Å²) >= 11 is 0. The Morgan fingerprint density at radius 1 is 1.47 bits per heavy atom. The summed E-state index contributed by atoms with van der Waals surface area (Å²) in [5.74, 6) is -0.00442. The fraction of sp³-hybridized carbons (Fsp3) is 0.917. The summed E-state index contributed by atoms with van der Waals surface area (Å²) < 4.78 is 0. The van der Waals surface area contributed by atoms with Gasteiger partial charge in [-0.3, -0.25) is 4.79 Å². The molecule has 100 valence electrons. The Morgan fingerprint density at radius 2 is 2.06 bits per heavy atom. The van der Waals surface area contributed by atoms with Crippen molar-refractivity contribution >= 4 is 5.91 Å². The summed E-state index contributed by atoms with van der Waals surface area (Å²) in [6, 6.07) is 0. The van der Waals surface area contributed by atoms with E-state index in [0.717, 1.165) is 32.4 Å². The van der Waals surface area contributed by atoms with Crippen LogP contribution in [-0.2, 0) is 4.79 Å². The lowest BCUT2D eigenvalue weighted by Gasteiger charge is -2.36. The molecule has 1 amide bonds. The highest BCUT2D eigenvalue weighted by Crippen LogP contribution is 2.32. The Hall–Kier alpha value is -0.650. The van der Waals surface area contributed by atoms with Gasteiger partial charge in [0.05, 0.1) is 12.0 Å². The summed E-state index contributed by atoms with van der Waals surface area (Å²) in [5, 5.41) is 24.6. The monoisotopic (exact) mass is 244 g/mol. The van der Waals surface area contributed by atoms with E-state index < -0.39 is 5.60 Å². The van der Waals surface area contributed by atoms with E-state index in [1.807, 2.05) is 6.92 Å². The maximum Gasteiger partial charge on any atom is 0.226 e. The molecule has 0 spiro atoms. The van der Waals surface area contributed by atoms with Gasteiger partial charge in [0, 0.05) is 6.54 Å². The van der Waals surface area contributed by atoms with Crippen molar-refractivity contribution in [2.24, 2.45) is 5.41 Å². The van der Waals surface area contributed by atoms with Crippen molar-refractivity contribution in [2.75, 3.05) is 26.2 Å². The minimum atomic E-state index is -1.24. The Labute approximate surface area is 103 Å². The number of aliphatic hydroxyl groups excluding tert-OH is 1. The molecule has 1 atom stereocenters. The zero-order valence-electron chi connectivity index (χ0n) is 10.8. The van der Waals surface area contributed by atoms with Crippen LogP contribution in [0.2, 0.25) is 0 Å². The van der Waals surface area contributed by atoms with Gasteiger partial charge in [0.1, 0.15) is 5.60 Å². The second kappa shape index (κ2) is 5.80. The van der Waals surface area contributed by atoms with E-state index in [4.69, 9.17) is 5.11 Å². The first kappa shape index (κ1) is 14.4. The van der Waals surface area contributed by atoms with Crippen LogP contribution in [0.25, 0.3) is 0 Å². The van der Waals surface area contributed by atoms with Crippen molar-refractivity contribution in [3.05, 3.63) is 0 Å². The van der Waals surface area contributed by atoms with E-state index in [1.165, 1.54) is 6.92 Å². The van der Waals surface area contributed by atoms with E-state index in [-0.39, 0.29) is 24.5 Å². The predicted molar refractivity (Wildman–Crippen MR) is 65.5 cm³/mol. The Bertz CT molecular complexity index is 260. The molecule has 0 radical (unpaired) electrons. The quantitative estimate of drug-likeness (QED) is 0.532. The summed E-state index contributed by atoms with van der Waals surface area (Å²) in [5.41, 5.74) is -1.55. The van der Waals surface area contributed by atoms with Crippen molar-refractivity contribution in [3.63, 3.8) is 0 Å². The molecule has 1 rings (SSSR count). The van der Waals surface area contributed by atoms with E-state index in [2.05, 4.69) is 10.6 Å². The number of piperidine rings is 1. The molecular weight excluding hydrogens is 220 g/mol. The molecular formula is C12H24N2O3. The highest BCUT2D eigenvalue weighted by atomic mass is 16.3. The second-order valence-electron chi connectivity index (χ2n) is 5.22. The first-order valence-corrected chi connectivity index (χ1v) is 6.28. The standard InChI is InChI=1S/C12H24N2O3/c1-3-12(4-6-13-7-5-12)10(16)14-8-11(2,17)9-15/h13,15,17H,3-9H2,1-2H3,(H,14,16). The van der Waals surface area contributed by atoms with Crippen molar-refractivity contribution in [2.45, 2.75) is 38.7 Å². The summed E-state index contributed by atoms with van der Waals surface area (Å²) in [6.45, 7) is 4.99.